The Hall–Kier alpha value is -5.51. The Morgan fingerprint density at radius 1 is 0.605 bits per heavy atom. The number of nitrogens with one attached hydrogen (secondary N) is 8. The van der Waals surface area contributed by atoms with Crippen molar-refractivity contribution in [2.24, 2.45) is 58.3 Å². The van der Waals surface area contributed by atoms with Gasteiger partial charge < -0.3 is 81.4 Å². The number of amides is 8. The second-order valence-corrected chi connectivity index (χ2v) is 22.1. The zero-order valence-electron chi connectivity index (χ0n) is 49.1. The summed E-state index contributed by atoms with van der Waals surface area (Å²) in [4.78, 5) is 153. The van der Waals surface area contributed by atoms with Gasteiger partial charge in [-0.2, -0.15) is 0 Å². The van der Waals surface area contributed by atoms with Crippen molar-refractivity contribution >= 4 is 64.6 Å². The SMILES string of the molecule is CCC[C@@H]1NC(=O)[C@@H](CC(C)C)CC(=O)[C@H](CCN)NC(=O)[C@@H](NC(=O)[C@H](CCN)CC(=O)[C@@H](NC(=O)[C@H](CCN)CC(=O)CCCC[C@@H](C)CC)[C@@H](C)O)CCNC(=O)[C@H]([C@@H](C)O)NC(=O)[C@H](CCN)NC(=O)[C@H](CCN)NC1=O. The first-order chi connectivity index (χ1) is 38.3. The Morgan fingerprint density at radius 2 is 1.12 bits per heavy atom. The first kappa shape index (κ1) is 73.5. The molecular weight excluding hydrogens is 1050 g/mol. The normalized spacial score (nSPS) is 23.7. The molecule has 0 saturated carbocycles. The summed E-state index contributed by atoms with van der Waals surface area (Å²) in [5, 5.41) is 42.2. The van der Waals surface area contributed by atoms with E-state index in [0.717, 1.165) is 19.3 Å². The molecule has 1 aliphatic heterocycles. The lowest BCUT2D eigenvalue weighted by Gasteiger charge is -2.28. The lowest BCUT2D eigenvalue weighted by Crippen LogP contribution is -2.60. The molecule has 1 fully saturated rings. The molecular formula is C55H101N13O13. The molecule has 0 unspecified atom stereocenters. The van der Waals surface area contributed by atoms with Gasteiger partial charge in [-0.3, -0.25) is 52.7 Å². The van der Waals surface area contributed by atoms with Gasteiger partial charge in [0, 0.05) is 50.0 Å². The molecule has 0 spiro atoms. The maximum Gasteiger partial charge on any atom is 0.245 e. The van der Waals surface area contributed by atoms with Gasteiger partial charge in [-0.05, 0) is 116 Å². The van der Waals surface area contributed by atoms with Gasteiger partial charge in [-0.15, -0.1) is 0 Å². The molecule has 1 heterocycles. The van der Waals surface area contributed by atoms with Gasteiger partial charge in [0.25, 0.3) is 0 Å². The smallest absolute Gasteiger partial charge is 0.245 e. The lowest BCUT2D eigenvalue weighted by atomic mass is 9.88. The summed E-state index contributed by atoms with van der Waals surface area (Å²) in [6, 6.07) is -9.96. The summed E-state index contributed by atoms with van der Waals surface area (Å²) >= 11 is 0. The third-order valence-electron chi connectivity index (χ3n) is 14.5. The Labute approximate surface area is 478 Å². The number of carbonyl (C=O) groups is 11. The van der Waals surface area contributed by atoms with Crippen LogP contribution in [0.15, 0.2) is 0 Å². The molecule has 81 heavy (non-hydrogen) atoms. The van der Waals surface area contributed by atoms with Gasteiger partial charge in [-0.25, -0.2) is 0 Å². The number of unbranched alkanes of at least 4 members (excludes halogenated alkanes) is 1. The fraction of sp³-hybridized carbons (Fsp3) is 0.800. The minimum atomic E-state index is -1.65. The van der Waals surface area contributed by atoms with Crippen molar-refractivity contribution in [2.75, 3.05) is 39.3 Å². The van der Waals surface area contributed by atoms with Crippen LogP contribution in [0.25, 0.3) is 0 Å². The van der Waals surface area contributed by atoms with E-state index >= 15 is 0 Å². The van der Waals surface area contributed by atoms with E-state index in [9.17, 15) is 63.0 Å². The van der Waals surface area contributed by atoms with E-state index in [1.807, 2.05) is 13.8 Å². The number of nitrogens with two attached hydrogens (primary N) is 5. The maximum absolute atomic E-state index is 14.4. The average molecular weight is 1150 g/mol. The quantitative estimate of drug-likeness (QED) is 0.0321. The zero-order chi connectivity index (χ0) is 61.4. The Kier molecular flexibility index (Phi) is 36.2. The highest BCUT2D eigenvalue weighted by atomic mass is 16.3. The van der Waals surface area contributed by atoms with Crippen LogP contribution in [0.5, 0.6) is 0 Å². The number of hydrogen-bond donors (Lipinski definition) is 15. The van der Waals surface area contributed by atoms with Crippen molar-refractivity contribution in [3.63, 3.8) is 0 Å². The summed E-state index contributed by atoms with van der Waals surface area (Å²) in [7, 11) is 0. The third-order valence-corrected chi connectivity index (χ3v) is 14.5. The first-order valence-electron chi connectivity index (χ1n) is 29.2. The van der Waals surface area contributed by atoms with Gasteiger partial charge in [0.15, 0.2) is 11.6 Å². The lowest BCUT2D eigenvalue weighted by molar-refractivity contribution is -0.137. The number of aliphatic hydroxyl groups excluding tert-OH is 2. The van der Waals surface area contributed by atoms with E-state index in [1.54, 1.807) is 6.92 Å². The molecule has 26 nitrogen and oxygen atoms in total. The van der Waals surface area contributed by atoms with Gasteiger partial charge in [0.2, 0.25) is 47.3 Å². The monoisotopic (exact) mass is 1150 g/mol. The number of ketones is 3. The summed E-state index contributed by atoms with van der Waals surface area (Å²) in [6.45, 7) is 11.3. The average Bonchev–Trinajstić information content (AvgIpc) is 3.40. The third kappa shape index (κ3) is 27.4. The molecule has 8 amide bonds. The van der Waals surface area contributed by atoms with E-state index in [1.165, 1.54) is 13.8 Å². The van der Waals surface area contributed by atoms with Crippen molar-refractivity contribution in [1.82, 2.24) is 42.5 Å². The number of hydrogen-bond acceptors (Lipinski definition) is 18. The number of aliphatic hydroxyl groups is 2. The summed E-state index contributed by atoms with van der Waals surface area (Å²) < 4.78 is 0. The van der Waals surface area contributed by atoms with Gasteiger partial charge in [0.05, 0.1) is 18.2 Å². The van der Waals surface area contributed by atoms with Crippen LogP contribution in [0, 0.1) is 29.6 Å². The van der Waals surface area contributed by atoms with Gasteiger partial charge in [0.1, 0.15) is 42.0 Å². The van der Waals surface area contributed by atoms with Crippen LogP contribution in [0.4, 0.5) is 0 Å². The summed E-state index contributed by atoms with van der Waals surface area (Å²) in [5.41, 5.74) is 29.3. The van der Waals surface area contributed by atoms with Crippen LogP contribution < -0.4 is 71.2 Å². The minimum absolute atomic E-state index is 0.0619. The molecule has 26 heteroatoms. The minimum Gasteiger partial charge on any atom is -0.391 e. The van der Waals surface area contributed by atoms with Crippen molar-refractivity contribution in [2.45, 2.75) is 212 Å². The zero-order valence-corrected chi connectivity index (χ0v) is 49.1. The highest BCUT2D eigenvalue weighted by Gasteiger charge is 2.37. The van der Waals surface area contributed by atoms with Crippen molar-refractivity contribution in [3.05, 3.63) is 0 Å². The molecule has 1 saturated heterocycles. The molecule has 0 bridgehead atoms. The van der Waals surface area contributed by atoms with E-state index in [0.29, 0.717) is 18.8 Å². The molecule has 0 aliphatic carbocycles. The topological polar surface area (TPSA) is 455 Å². The number of carbonyl (C=O) groups excluding carboxylic acids is 11. The van der Waals surface area contributed by atoms with Crippen LogP contribution in [-0.2, 0) is 52.7 Å². The first-order valence-corrected chi connectivity index (χ1v) is 29.2. The van der Waals surface area contributed by atoms with E-state index in [2.05, 4.69) is 56.4 Å². The summed E-state index contributed by atoms with van der Waals surface area (Å²) in [5.74, 6) is -11.0. The molecule has 1 rings (SSSR count). The summed E-state index contributed by atoms with van der Waals surface area (Å²) in [6.07, 6.45) is -0.441. The second kappa shape index (κ2) is 39.8. The van der Waals surface area contributed by atoms with Crippen LogP contribution in [-0.4, -0.2) is 169 Å². The van der Waals surface area contributed by atoms with Crippen LogP contribution >= 0.6 is 0 Å². The Balaban J connectivity index is 3.78. The molecule has 13 atom stereocenters. The van der Waals surface area contributed by atoms with Crippen molar-refractivity contribution < 1.29 is 63.0 Å². The molecule has 0 aromatic rings. The molecule has 0 aromatic heterocycles. The maximum atomic E-state index is 14.4. The van der Waals surface area contributed by atoms with E-state index in [4.69, 9.17) is 28.7 Å². The highest BCUT2D eigenvalue weighted by Crippen LogP contribution is 2.21. The predicted octanol–water partition coefficient (Wildman–Crippen LogP) is -2.42. The number of rotatable bonds is 31. The predicted molar refractivity (Wildman–Crippen MR) is 304 cm³/mol. The molecule has 1 aliphatic rings. The fourth-order valence-corrected chi connectivity index (χ4v) is 9.48. The van der Waals surface area contributed by atoms with Crippen LogP contribution in [0.3, 0.4) is 0 Å². The number of Topliss-reactive ketones (excluding diaryl/α,β-unsaturated/α-hetero) is 3. The van der Waals surface area contributed by atoms with Crippen LogP contribution in [0.2, 0.25) is 0 Å². The molecule has 0 radical (unpaired) electrons. The van der Waals surface area contributed by atoms with Crippen molar-refractivity contribution in [3.8, 4) is 0 Å². The standard InChI is InChI=1S/C55H101N13O13/c1-8-12-40-51(77)65-41(18-24-59)52(78)66-42(19-25-60)54(80)68-47(34(7)70)55(81)61-26-20-43(53(79)62-39(17-23-58)44(72)30-37(27-31(3)4)50(76)63-40)64-48(74)36(16-22-57)29-45(73)46(33(6)69)67-49(75)35(15-21-56)28-38(71)14-11-10-13-32(5)9-2/h31-37,39-43,46-47,69-70H,8-30,56-60H2,1-7H3,(H,61,81)(H,62,79)(H,63,76)(H,64,74)(H,65,77)(H,66,78)(H,67,75)(H,68,80)/t32-,33+,34+,35+,36+,37-,39-,40-,41-,42-,43-,46-,47-/m0/s1. The van der Waals surface area contributed by atoms with Crippen LogP contribution in [0.1, 0.15) is 158 Å². The van der Waals surface area contributed by atoms with E-state index < -0.39 is 157 Å². The Bertz CT molecular complexity index is 2030. The van der Waals surface area contributed by atoms with Gasteiger partial charge in [-0.1, -0.05) is 60.3 Å². The largest absolute Gasteiger partial charge is 0.391 e. The fourth-order valence-electron chi connectivity index (χ4n) is 9.48. The Morgan fingerprint density at radius 3 is 1.63 bits per heavy atom. The second-order valence-electron chi connectivity index (χ2n) is 22.1. The molecule has 0 aromatic carbocycles. The van der Waals surface area contributed by atoms with E-state index in [-0.39, 0.29) is 102 Å². The molecule has 464 valence electrons. The van der Waals surface area contributed by atoms with Crippen molar-refractivity contribution in [1.29, 1.82) is 0 Å². The van der Waals surface area contributed by atoms with Gasteiger partial charge >= 0.3 is 0 Å². The molecule has 20 N–H and O–H groups in total. The highest BCUT2D eigenvalue weighted by molar-refractivity contribution is 5.99.